The van der Waals surface area contributed by atoms with E-state index in [9.17, 15) is 13.2 Å². The molecule has 2 aromatic carbocycles. The molecule has 128 valence electrons. The van der Waals surface area contributed by atoms with Gasteiger partial charge in [0.2, 0.25) is 0 Å². The third kappa shape index (κ3) is 4.99. The van der Waals surface area contributed by atoms with Gasteiger partial charge in [-0.3, -0.25) is 0 Å². The molecule has 2 aromatic rings. The van der Waals surface area contributed by atoms with Crippen molar-refractivity contribution in [3.8, 4) is 0 Å². The molecule has 0 N–H and O–H groups in total. The van der Waals surface area contributed by atoms with Gasteiger partial charge < -0.3 is 0 Å². The van der Waals surface area contributed by atoms with Crippen molar-refractivity contribution in [1.29, 1.82) is 0 Å². The standard InChI is InChI=1S/C19H19F3OTe/c20-19(21,22)16-6-8-18(9-7-16)24-13-15-11-17(23-12-15)10-14-4-2-1-3-5-14/h1-9,15,17H,10-13H2. The zero-order valence-corrected chi connectivity index (χ0v) is 15.5. The van der Waals surface area contributed by atoms with E-state index in [2.05, 4.69) is 12.1 Å². The molecule has 0 aromatic heterocycles. The summed E-state index contributed by atoms with van der Waals surface area (Å²) in [5.74, 6) is 0.545. The van der Waals surface area contributed by atoms with Crippen LogP contribution in [0.1, 0.15) is 17.5 Å². The quantitative estimate of drug-likeness (QED) is 0.627. The molecular weight excluding hydrogens is 429 g/mol. The molecule has 0 radical (unpaired) electrons. The Labute approximate surface area is 150 Å². The number of benzene rings is 2. The fourth-order valence-electron chi connectivity index (χ4n) is 2.87. The van der Waals surface area contributed by atoms with Gasteiger partial charge in [0.15, 0.2) is 0 Å². The Balaban J connectivity index is 1.46. The molecule has 1 aliphatic heterocycles. The Hall–Kier alpha value is -1.02. The van der Waals surface area contributed by atoms with Crippen LogP contribution in [0.4, 0.5) is 13.2 Å². The van der Waals surface area contributed by atoms with E-state index in [1.807, 2.05) is 18.2 Å². The van der Waals surface area contributed by atoms with E-state index in [-0.39, 0.29) is 6.10 Å². The number of hydrogen-bond donors (Lipinski definition) is 0. The molecule has 1 fully saturated rings. The monoisotopic (exact) mass is 450 g/mol. The van der Waals surface area contributed by atoms with Crippen molar-refractivity contribution < 1.29 is 17.9 Å². The van der Waals surface area contributed by atoms with Crippen LogP contribution in [0.3, 0.4) is 0 Å². The second-order valence-corrected chi connectivity index (χ2v) is 9.20. The van der Waals surface area contributed by atoms with Gasteiger partial charge in [-0.1, -0.05) is 0 Å². The molecule has 1 nitrogen and oxygen atoms in total. The first-order chi connectivity index (χ1) is 11.5. The summed E-state index contributed by atoms with van der Waals surface area (Å²) in [6, 6.07) is 16.0. The SMILES string of the molecule is FC(F)(F)c1ccc([Te]CC2COC(Cc3ccccc3)C2)cc1. The number of rotatable bonds is 5. The van der Waals surface area contributed by atoms with Gasteiger partial charge in [-0.25, -0.2) is 0 Å². The van der Waals surface area contributed by atoms with Gasteiger partial charge in [-0.05, 0) is 0 Å². The summed E-state index contributed by atoms with van der Waals surface area (Å²) in [7, 11) is 0. The predicted molar refractivity (Wildman–Crippen MR) is 89.6 cm³/mol. The van der Waals surface area contributed by atoms with E-state index >= 15 is 0 Å². The molecule has 3 rings (SSSR count). The van der Waals surface area contributed by atoms with Crippen LogP contribution in [-0.4, -0.2) is 33.6 Å². The van der Waals surface area contributed by atoms with Gasteiger partial charge in [0.25, 0.3) is 0 Å². The number of alkyl halides is 3. The first kappa shape index (κ1) is 17.8. The van der Waals surface area contributed by atoms with Gasteiger partial charge in [0, 0.05) is 0 Å². The Morgan fingerprint density at radius 2 is 1.71 bits per heavy atom. The normalized spacial score (nSPS) is 21.1. The minimum absolute atomic E-state index is 0.275. The third-order valence-electron chi connectivity index (χ3n) is 4.14. The van der Waals surface area contributed by atoms with Crippen molar-refractivity contribution in [1.82, 2.24) is 0 Å². The second-order valence-electron chi connectivity index (χ2n) is 6.08. The van der Waals surface area contributed by atoms with Gasteiger partial charge in [-0.2, -0.15) is 0 Å². The molecule has 0 saturated carbocycles. The van der Waals surface area contributed by atoms with Crippen molar-refractivity contribution >= 4 is 24.5 Å². The summed E-state index contributed by atoms with van der Waals surface area (Å²) in [6.07, 6.45) is -1.97. The average molecular weight is 448 g/mol. The summed E-state index contributed by atoms with van der Waals surface area (Å²) in [6.45, 7) is 0.781. The Morgan fingerprint density at radius 1 is 1.00 bits per heavy atom. The van der Waals surface area contributed by atoms with Gasteiger partial charge >= 0.3 is 150 Å². The van der Waals surface area contributed by atoms with Crippen molar-refractivity contribution in [2.75, 3.05) is 6.61 Å². The first-order valence-corrected chi connectivity index (χ1v) is 10.8. The molecule has 1 saturated heterocycles. The van der Waals surface area contributed by atoms with Gasteiger partial charge in [0.05, 0.1) is 0 Å². The molecule has 2 unspecified atom stereocenters. The Morgan fingerprint density at radius 3 is 2.38 bits per heavy atom. The topological polar surface area (TPSA) is 9.23 Å². The molecule has 0 bridgehead atoms. The molecule has 1 heterocycles. The molecule has 0 aliphatic carbocycles. The van der Waals surface area contributed by atoms with E-state index in [0.29, 0.717) is 5.92 Å². The predicted octanol–water partition coefficient (Wildman–Crippen LogP) is 4.10. The molecular formula is C19H19F3OTe. The van der Waals surface area contributed by atoms with Crippen molar-refractivity contribution in [3.05, 3.63) is 65.7 Å². The fourth-order valence-corrected chi connectivity index (χ4v) is 5.69. The van der Waals surface area contributed by atoms with Crippen molar-refractivity contribution in [3.63, 3.8) is 0 Å². The first-order valence-electron chi connectivity index (χ1n) is 7.96. The van der Waals surface area contributed by atoms with Crippen LogP contribution in [-0.2, 0) is 17.3 Å². The molecule has 2 atom stereocenters. The number of halogens is 3. The van der Waals surface area contributed by atoms with Crippen LogP contribution in [0.2, 0.25) is 4.47 Å². The minimum atomic E-state index is -4.25. The van der Waals surface area contributed by atoms with Gasteiger partial charge in [0.1, 0.15) is 0 Å². The molecule has 0 amide bonds. The second kappa shape index (κ2) is 7.91. The summed E-state index contributed by atoms with van der Waals surface area (Å²) >= 11 is -0.456. The summed E-state index contributed by atoms with van der Waals surface area (Å²) in [5, 5.41) is 0. The van der Waals surface area contributed by atoms with E-state index in [1.165, 1.54) is 17.7 Å². The van der Waals surface area contributed by atoms with Crippen molar-refractivity contribution in [2.45, 2.75) is 29.6 Å². The van der Waals surface area contributed by atoms with Crippen LogP contribution in [0, 0.1) is 5.92 Å². The number of ether oxygens (including phenoxy) is 1. The maximum absolute atomic E-state index is 12.6. The zero-order valence-electron chi connectivity index (χ0n) is 13.1. The molecule has 5 heteroatoms. The number of hydrogen-bond acceptors (Lipinski definition) is 1. The van der Waals surface area contributed by atoms with E-state index < -0.39 is 32.7 Å². The van der Waals surface area contributed by atoms with Crippen LogP contribution < -0.4 is 3.61 Å². The maximum atomic E-state index is 12.6. The van der Waals surface area contributed by atoms with E-state index in [1.54, 1.807) is 12.1 Å². The third-order valence-corrected chi connectivity index (χ3v) is 7.69. The Bertz CT molecular complexity index is 640. The van der Waals surface area contributed by atoms with Gasteiger partial charge in [-0.15, -0.1) is 0 Å². The summed E-state index contributed by atoms with van der Waals surface area (Å²) in [5.41, 5.74) is 0.730. The zero-order chi connectivity index (χ0) is 17.0. The average Bonchev–Trinajstić information content (AvgIpc) is 3.01. The van der Waals surface area contributed by atoms with Crippen LogP contribution in [0.15, 0.2) is 54.6 Å². The molecule has 24 heavy (non-hydrogen) atoms. The fraction of sp³-hybridized carbons (Fsp3) is 0.368. The Kier molecular flexibility index (Phi) is 5.86. The summed E-state index contributed by atoms with van der Waals surface area (Å²) < 4.78 is 45.8. The summed E-state index contributed by atoms with van der Waals surface area (Å²) in [4.78, 5) is 0. The van der Waals surface area contributed by atoms with Crippen LogP contribution >= 0.6 is 0 Å². The van der Waals surface area contributed by atoms with Crippen LogP contribution in [0.25, 0.3) is 0 Å². The van der Waals surface area contributed by atoms with E-state index in [4.69, 9.17) is 4.74 Å². The van der Waals surface area contributed by atoms with Crippen LogP contribution in [0.5, 0.6) is 0 Å². The molecule has 1 aliphatic rings. The van der Waals surface area contributed by atoms with Crippen molar-refractivity contribution in [2.24, 2.45) is 5.92 Å². The van der Waals surface area contributed by atoms with E-state index in [0.717, 1.165) is 27.5 Å². The molecule has 0 spiro atoms.